The van der Waals surface area contributed by atoms with E-state index in [0.29, 0.717) is 16.5 Å². The maximum absolute atomic E-state index is 12.3. The molecule has 1 atom stereocenters. The number of aromatic amines is 1. The number of carbonyl (C=O) groups excluding carboxylic acids is 1. The van der Waals surface area contributed by atoms with Crippen LogP contribution in [0.25, 0.3) is 10.8 Å². The van der Waals surface area contributed by atoms with E-state index in [1.807, 2.05) is 19.1 Å². The summed E-state index contributed by atoms with van der Waals surface area (Å²) in [7, 11) is 0. The van der Waals surface area contributed by atoms with Crippen LogP contribution in [0.4, 0.5) is 5.69 Å². The Balaban J connectivity index is 1.87. The standard InChI is InChI=1S/C17H16N4O2/c1-10(18)11-2-4-13(5-3-11)20-17(23)15-8-12-6-7-19-9-14(12)16(22)21-15/h2-10H,18H2,1H3,(H,20,23)(H,21,22). The van der Waals surface area contributed by atoms with Crippen molar-refractivity contribution >= 4 is 22.4 Å². The Morgan fingerprint density at radius 1 is 1.26 bits per heavy atom. The number of nitrogens with one attached hydrogen (secondary N) is 2. The molecule has 2 aromatic heterocycles. The highest BCUT2D eigenvalue weighted by atomic mass is 16.2. The van der Waals surface area contributed by atoms with Crippen LogP contribution in [0.2, 0.25) is 0 Å². The van der Waals surface area contributed by atoms with Crippen LogP contribution >= 0.6 is 0 Å². The van der Waals surface area contributed by atoms with Crippen molar-refractivity contribution in [1.82, 2.24) is 9.97 Å². The predicted molar refractivity (Wildman–Crippen MR) is 89.4 cm³/mol. The molecular weight excluding hydrogens is 292 g/mol. The van der Waals surface area contributed by atoms with Crippen molar-refractivity contribution in [3.63, 3.8) is 0 Å². The number of rotatable bonds is 3. The fourth-order valence-electron chi connectivity index (χ4n) is 2.29. The van der Waals surface area contributed by atoms with E-state index in [1.165, 1.54) is 6.20 Å². The minimum Gasteiger partial charge on any atom is -0.324 e. The average Bonchev–Trinajstić information content (AvgIpc) is 2.55. The molecule has 0 spiro atoms. The topological polar surface area (TPSA) is 101 Å². The summed E-state index contributed by atoms with van der Waals surface area (Å²) in [6.07, 6.45) is 3.05. The van der Waals surface area contributed by atoms with E-state index in [9.17, 15) is 9.59 Å². The van der Waals surface area contributed by atoms with Gasteiger partial charge in [-0.2, -0.15) is 0 Å². The van der Waals surface area contributed by atoms with E-state index >= 15 is 0 Å². The maximum atomic E-state index is 12.3. The summed E-state index contributed by atoms with van der Waals surface area (Å²) in [4.78, 5) is 30.8. The smallest absolute Gasteiger partial charge is 0.272 e. The quantitative estimate of drug-likeness (QED) is 0.690. The number of pyridine rings is 2. The van der Waals surface area contributed by atoms with Crippen molar-refractivity contribution in [3.05, 3.63) is 70.4 Å². The van der Waals surface area contributed by atoms with Gasteiger partial charge in [0.2, 0.25) is 0 Å². The highest BCUT2D eigenvalue weighted by molar-refractivity contribution is 6.04. The van der Waals surface area contributed by atoms with Crippen molar-refractivity contribution in [1.29, 1.82) is 0 Å². The molecule has 116 valence electrons. The number of carbonyl (C=O) groups is 1. The second kappa shape index (κ2) is 6.02. The molecule has 0 saturated carbocycles. The van der Waals surface area contributed by atoms with Gasteiger partial charge in [0, 0.05) is 24.1 Å². The normalized spacial score (nSPS) is 12.1. The Kier molecular flexibility index (Phi) is 3.91. The van der Waals surface area contributed by atoms with Crippen molar-refractivity contribution < 1.29 is 4.79 Å². The van der Waals surface area contributed by atoms with Gasteiger partial charge in [-0.25, -0.2) is 0 Å². The minimum atomic E-state index is -0.380. The maximum Gasteiger partial charge on any atom is 0.272 e. The molecule has 0 aliphatic rings. The molecule has 0 saturated heterocycles. The third kappa shape index (κ3) is 3.12. The highest BCUT2D eigenvalue weighted by Crippen LogP contribution is 2.15. The number of hydrogen-bond acceptors (Lipinski definition) is 4. The fourth-order valence-corrected chi connectivity index (χ4v) is 2.29. The molecule has 4 N–H and O–H groups in total. The lowest BCUT2D eigenvalue weighted by molar-refractivity contribution is 0.102. The van der Waals surface area contributed by atoms with Crippen molar-refractivity contribution in [3.8, 4) is 0 Å². The average molecular weight is 308 g/mol. The van der Waals surface area contributed by atoms with Crippen LogP contribution in [-0.2, 0) is 0 Å². The first-order chi connectivity index (χ1) is 11.0. The number of H-pyrrole nitrogens is 1. The third-order valence-corrected chi connectivity index (χ3v) is 3.59. The molecule has 1 amide bonds. The second-order valence-corrected chi connectivity index (χ2v) is 5.34. The van der Waals surface area contributed by atoms with E-state index in [2.05, 4.69) is 15.3 Å². The largest absolute Gasteiger partial charge is 0.324 e. The van der Waals surface area contributed by atoms with Crippen molar-refractivity contribution in [2.45, 2.75) is 13.0 Å². The fraction of sp³-hybridized carbons (Fsp3) is 0.118. The van der Waals surface area contributed by atoms with Crippen LogP contribution in [0, 0.1) is 0 Å². The van der Waals surface area contributed by atoms with E-state index in [4.69, 9.17) is 5.73 Å². The zero-order valence-corrected chi connectivity index (χ0v) is 12.5. The summed E-state index contributed by atoms with van der Waals surface area (Å²) in [5, 5.41) is 3.87. The van der Waals surface area contributed by atoms with Gasteiger partial charge in [-0.1, -0.05) is 12.1 Å². The van der Waals surface area contributed by atoms with Gasteiger partial charge in [-0.3, -0.25) is 14.6 Å². The lowest BCUT2D eigenvalue weighted by Crippen LogP contribution is -2.19. The first-order valence-corrected chi connectivity index (χ1v) is 7.18. The Hall–Kier alpha value is -2.99. The van der Waals surface area contributed by atoms with E-state index in [0.717, 1.165) is 5.56 Å². The van der Waals surface area contributed by atoms with Gasteiger partial charge in [0.15, 0.2) is 0 Å². The number of amides is 1. The van der Waals surface area contributed by atoms with Gasteiger partial charge in [-0.05, 0) is 42.1 Å². The number of nitrogens with two attached hydrogens (primary N) is 1. The van der Waals surface area contributed by atoms with Crippen LogP contribution in [0.1, 0.15) is 29.0 Å². The van der Waals surface area contributed by atoms with E-state index in [1.54, 1.807) is 30.5 Å². The summed E-state index contributed by atoms with van der Waals surface area (Å²) in [5.41, 5.74) is 7.27. The van der Waals surface area contributed by atoms with E-state index < -0.39 is 0 Å². The number of benzene rings is 1. The number of aromatic nitrogens is 2. The predicted octanol–water partition coefficient (Wildman–Crippen LogP) is 2.20. The molecule has 0 radical (unpaired) electrons. The summed E-state index contributed by atoms with van der Waals surface area (Å²) in [5.74, 6) is -0.380. The summed E-state index contributed by atoms with van der Waals surface area (Å²) < 4.78 is 0. The first kappa shape index (κ1) is 14.9. The summed E-state index contributed by atoms with van der Waals surface area (Å²) in [6.45, 7) is 1.89. The molecular formula is C17H16N4O2. The third-order valence-electron chi connectivity index (χ3n) is 3.59. The van der Waals surface area contributed by atoms with Crippen LogP contribution in [0.15, 0.2) is 53.6 Å². The van der Waals surface area contributed by atoms with Gasteiger partial charge >= 0.3 is 0 Å². The number of hydrogen-bond donors (Lipinski definition) is 3. The molecule has 0 bridgehead atoms. The van der Waals surface area contributed by atoms with Crippen LogP contribution in [0.5, 0.6) is 0 Å². The van der Waals surface area contributed by atoms with Gasteiger partial charge in [0.1, 0.15) is 5.69 Å². The molecule has 0 aliphatic carbocycles. The van der Waals surface area contributed by atoms with Gasteiger partial charge < -0.3 is 16.0 Å². The molecule has 3 aromatic rings. The monoisotopic (exact) mass is 308 g/mol. The SMILES string of the molecule is CC(N)c1ccc(NC(=O)c2cc3ccncc3c(=O)[nH]2)cc1. The summed E-state index contributed by atoms with van der Waals surface area (Å²) >= 11 is 0. The molecule has 2 heterocycles. The molecule has 23 heavy (non-hydrogen) atoms. The van der Waals surface area contributed by atoms with Gasteiger partial charge in [0.25, 0.3) is 11.5 Å². The van der Waals surface area contributed by atoms with Gasteiger partial charge in [-0.15, -0.1) is 0 Å². The highest BCUT2D eigenvalue weighted by Gasteiger charge is 2.10. The zero-order chi connectivity index (χ0) is 16.4. The molecule has 3 rings (SSSR count). The lowest BCUT2D eigenvalue weighted by atomic mass is 10.1. The second-order valence-electron chi connectivity index (χ2n) is 5.34. The Bertz CT molecular complexity index is 914. The molecule has 6 nitrogen and oxygen atoms in total. The minimum absolute atomic E-state index is 0.0646. The number of anilines is 1. The molecule has 0 aliphatic heterocycles. The zero-order valence-electron chi connectivity index (χ0n) is 12.5. The molecule has 6 heteroatoms. The summed E-state index contributed by atoms with van der Waals surface area (Å²) in [6, 6.07) is 10.5. The van der Waals surface area contributed by atoms with Crippen LogP contribution < -0.4 is 16.6 Å². The van der Waals surface area contributed by atoms with Gasteiger partial charge in [0.05, 0.1) is 5.39 Å². The molecule has 0 fully saturated rings. The van der Waals surface area contributed by atoms with Crippen LogP contribution in [-0.4, -0.2) is 15.9 Å². The van der Waals surface area contributed by atoms with Crippen molar-refractivity contribution in [2.24, 2.45) is 5.73 Å². The molecule has 1 aromatic carbocycles. The molecule has 1 unspecified atom stereocenters. The van der Waals surface area contributed by atoms with Crippen LogP contribution in [0.3, 0.4) is 0 Å². The van der Waals surface area contributed by atoms with E-state index in [-0.39, 0.29) is 23.2 Å². The van der Waals surface area contributed by atoms with Crippen molar-refractivity contribution in [2.75, 3.05) is 5.32 Å². The number of fused-ring (bicyclic) bond motifs is 1. The lowest BCUT2D eigenvalue weighted by Gasteiger charge is -2.09. The first-order valence-electron chi connectivity index (χ1n) is 7.18. The Morgan fingerprint density at radius 3 is 2.70 bits per heavy atom. The Morgan fingerprint density at radius 2 is 2.00 bits per heavy atom. The Labute approximate surface area is 132 Å². The number of nitrogens with zero attached hydrogens (tertiary/aromatic N) is 1.